The van der Waals surface area contributed by atoms with Gasteiger partial charge in [-0.2, -0.15) is 26.3 Å². The SMILES string of the molecule is Cc1ccc(C(=O)N2C[C@H]3CCC[C@@]3(COc3ccccn3)C2)nc1.O=C(O)C(F)(F)F.O=C(O)C(F)(F)F. The number of nitrogens with zero attached hydrogens (tertiary/aromatic N) is 3. The summed E-state index contributed by atoms with van der Waals surface area (Å²) >= 11 is 0. The molecule has 2 N–H and O–H groups in total. The number of carbonyl (C=O) groups is 3. The maximum absolute atomic E-state index is 12.8. The highest BCUT2D eigenvalue weighted by atomic mass is 19.4. The number of alkyl halides is 6. The van der Waals surface area contributed by atoms with Crippen molar-refractivity contribution in [3.8, 4) is 5.88 Å². The Labute approximate surface area is 218 Å². The van der Waals surface area contributed by atoms with Crippen LogP contribution in [0.2, 0.25) is 0 Å². The Balaban J connectivity index is 0.000000317. The van der Waals surface area contributed by atoms with Crippen molar-refractivity contribution >= 4 is 17.8 Å². The number of halogens is 6. The molecule has 0 aromatic carbocycles. The number of pyridine rings is 2. The lowest BCUT2D eigenvalue weighted by Gasteiger charge is -2.28. The van der Waals surface area contributed by atoms with Crippen molar-refractivity contribution in [3.05, 3.63) is 54.0 Å². The van der Waals surface area contributed by atoms with Crippen LogP contribution >= 0.6 is 0 Å². The van der Waals surface area contributed by atoms with Crippen molar-refractivity contribution in [1.29, 1.82) is 0 Å². The average molecular weight is 565 g/mol. The number of aromatic nitrogens is 2. The molecule has 2 aliphatic rings. The first kappa shape index (κ1) is 31.3. The maximum atomic E-state index is 12.8. The molecule has 0 bridgehead atoms. The summed E-state index contributed by atoms with van der Waals surface area (Å²) in [5, 5.41) is 14.2. The van der Waals surface area contributed by atoms with Gasteiger partial charge in [-0.1, -0.05) is 18.6 Å². The number of ether oxygens (including phenoxy) is 1. The minimum Gasteiger partial charge on any atom is -0.477 e. The second kappa shape index (κ2) is 12.8. The number of carbonyl (C=O) groups excluding carboxylic acids is 1. The van der Waals surface area contributed by atoms with Gasteiger partial charge >= 0.3 is 24.3 Å². The van der Waals surface area contributed by atoms with Crippen molar-refractivity contribution in [3.63, 3.8) is 0 Å². The molecule has 15 heteroatoms. The van der Waals surface area contributed by atoms with Gasteiger partial charge in [0.2, 0.25) is 5.88 Å². The molecular formula is C24H25F6N3O6. The number of hydrogen-bond donors (Lipinski definition) is 2. The van der Waals surface area contributed by atoms with Gasteiger partial charge in [0.25, 0.3) is 5.91 Å². The first-order valence-corrected chi connectivity index (χ1v) is 11.4. The van der Waals surface area contributed by atoms with Crippen molar-refractivity contribution in [2.45, 2.75) is 38.5 Å². The summed E-state index contributed by atoms with van der Waals surface area (Å²) in [4.78, 5) is 41.1. The zero-order valence-electron chi connectivity index (χ0n) is 20.5. The van der Waals surface area contributed by atoms with Gasteiger partial charge in [-0.25, -0.2) is 14.6 Å². The first-order chi connectivity index (χ1) is 18.0. The monoisotopic (exact) mass is 565 g/mol. The minimum absolute atomic E-state index is 0.0339. The van der Waals surface area contributed by atoms with Crippen LogP contribution in [0.3, 0.4) is 0 Å². The highest BCUT2D eigenvalue weighted by molar-refractivity contribution is 5.92. The van der Waals surface area contributed by atoms with Gasteiger partial charge in [0.05, 0.1) is 6.61 Å². The van der Waals surface area contributed by atoms with E-state index in [4.69, 9.17) is 24.5 Å². The number of aliphatic carboxylic acids is 2. The molecule has 1 amide bonds. The summed E-state index contributed by atoms with van der Waals surface area (Å²) in [7, 11) is 0. The predicted molar refractivity (Wildman–Crippen MR) is 122 cm³/mol. The van der Waals surface area contributed by atoms with Gasteiger partial charge in [-0.3, -0.25) is 9.78 Å². The van der Waals surface area contributed by atoms with E-state index < -0.39 is 24.3 Å². The van der Waals surface area contributed by atoms with Crippen molar-refractivity contribution in [2.75, 3.05) is 19.7 Å². The molecule has 0 spiro atoms. The minimum atomic E-state index is -5.08. The molecule has 4 rings (SSSR count). The summed E-state index contributed by atoms with van der Waals surface area (Å²) in [6, 6.07) is 9.46. The Morgan fingerprint density at radius 2 is 1.64 bits per heavy atom. The molecule has 9 nitrogen and oxygen atoms in total. The summed E-state index contributed by atoms with van der Waals surface area (Å²) in [6.07, 6.45) is -3.19. The third-order valence-electron chi connectivity index (χ3n) is 6.09. The number of rotatable bonds is 4. The molecule has 2 atom stereocenters. The first-order valence-electron chi connectivity index (χ1n) is 11.4. The predicted octanol–water partition coefficient (Wildman–Crippen LogP) is 4.37. The molecule has 3 heterocycles. The van der Waals surface area contributed by atoms with Crippen LogP contribution < -0.4 is 4.74 Å². The zero-order valence-corrected chi connectivity index (χ0v) is 20.5. The number of carboxylic acid groups (broad SMARTS) is 2. The van der Waals surface area contributed by atoms with Crippen LogP contribution in [0.25, 0.3) is 0 Å². The second-order valence-corrected chi connectivity index (χ2v) is 8.92. The molecule has 2 aromatic rings. The van der Waals surface area contributed by atoms with Crippen molar-refractivity contribution < 1.29 is 55.7 Å². The van der Waals surface area contributed by atoms with Crippen LogP contribution in [0.5, 0.6) is 5.88 Å². The summed E-state index contributed by atoms with van der Waals surface area (Å²) in [6.45, 7) is 4.16. The molecule has 0 radical (unpaired) electrons. The molecule has 1 aliphatic heterocycles. The molecule has 1 saturated carbocycles. The molecule has 214 valence electrons. The number of hydrogen-bond acceptors (Lipinski definition) is 6. The third kappa shape index (κ3) is 9.11. The molecule has 2 fully saturated rings. The topological polar surface area (TPSA) is 130 Å². The molecule has 2 aromatic heterocycles. The standard InChI is InChI=1S/C20H23N3O2.2C2HF3O2/c1-15-7-8-17(22-11-15)19(24)23-12-16-5-4-9-20(16,13-23)14-25-18-6-2-3-10-21-18;2*3-2(4,5)1(6)7/h2-3,6-8,10-11,16H,4-5,9,12-14H2,1H3;2*(H,6,7)/t16-,20+;;/m1../s1. The maximum Gasteiger partial charge on any atom is 0.490 e. The lowest BCUT2D eigenvalue weighted by Crippen LogP contribution is -2.36. The molecular weight excluding hydrogens is 540 g/mol. The summed E-state index contributed by atoms with van der Waals surface area (Å²) in [5.74, 6) is -4.32. The number of amides is 1. The van der Waals surface area contributed by atoms with Crippen LogP contribution in [0, 0.1) is 18.3 Å². The van der Waals surface area contributed by atoms with Gasteiger partial charge in [-0.15, -0.1) is 0 Å². The number of aryl methyl sites for hydroxylation is 1. The summed E-state index contributed by atoms with van der Waals surface area (Å²) < 4.78 is 69.5. The van der Waals surface area contributed by atoms with Crippen LogP contribution in [0.15, 0.2) is 42.7 Å². The Kier molecular flexibility index (Phi) is 10.2. The average Bonchev–Trinajstić information content (AvgIpc) is 3.41. The van der Waals surface area contributed by atoms with Crippen LogP contribution in [0.1, 0.15) is 35.3 Å². The van der Waals surface area contributed by atoms with E-state index in [1.807, 2.05) is 42.2 Å². The molecule has 1 saturated heterocycles. The van der Waals surface area contributed by atoms with Crippen LogP contribution in [-0.4, -0.2) is 75.0 Å². The number of carboxylic acids is 2. The fraction of sp³-hybridized carbons (Fsp3) is 0.458. The molecule has 0 unspecified atom stereocenters. The smallest absolute Gasteiger partial charge is 0.477 e. The highest BCUT2D eigenvalue weighted by Crippen LogP contribution is 2.49. The van der Waals surface area contributed by atoms with E-state index in [0.29, 0.717) is 24.1 Å². The third-order valence-corrected chi connectivity index (χ3v) is 6.09. The Morgan fingerprint density at radius 1 is 1.03 bits per heavy atom. The van der Waals surface area contributed by atoms with Gasteiger partial charge in [0.1, 0.15) is 5.69 Å². The van der Waals surface area contributed by atoms with E-state index in [-0.39, 0.29) is 11.3 Å². The Bertz CT molecular complexity index is 1100. The zero-order chi connectivity index (χ0) is 29.4. The van der Waals surface area contributed by atoms with Gasteiger partial charge in [0, 0.05) is 37.0 Å². The van der Waals surface area contributed by atoms with E-state index in [1.54, 1.807) is 12.4 Å². The Morgan fingerprint density at radius 3 is 2.13 bits per heavy atom. The fourth-order valence-corrected chi connectivity index (χ4v) is 4.21. The van der Waals surface area contributed by atoms with E-state index in [1.165, 1.54) is 6.42 Å². The number of fused-ring (bicyclic) bond motifs is 1. The highest BCUT2D eigenvalue weighted by Gasteiger charge is 2.51. The largest absolute Gasteiger partial charge is 0.490 e. The number of likely N-dealkylation sites (tertiary alicyclic amines) is 1. The van der Waals surface area contributed by atoms with E-state index >= 15 is 0 Å². The van der Waals surface area contributed by atoms with Gasteiger partial charge in [-0.05, 0) is 43.4 Å². The second-order valence-electron chi connectivity index (χ2n) is 8.92. The van der Waals surface area contributed by atoms with Crippen LogP contribution in [0.4, 0.5) is 26.3 Å². The van der Waals surface area contributed by atoms with E-state index in [9.17, 15) is 31.1 Å². The van der Waals surface area contributed by atoms with Crippen molar-refractivity contribution in [1.82, 2.24) is 14.9 Å². The lowest BCUT2D eigenvalue weighted by molar-refractivity contribution is -0.193. The van der Waals surface area contributed by atoms with Gasteiger partial charge in [0.15, 0.2) is 0 Å². The summed E-state index contributed by atoms with van der Waals surface area (Å²) in [5.41, 5.74) is 1.65. The van der Waals surface area contributed by atoms with E-state index in [2.05, 4.69) is 9.97 Å². The molecule has 39 heavy (non-hydrogen) atoms. The van der Waals surface area contributed by atoms with Gasteiger partial charge < -0.3 is 19.8 Å². The van der Waals surface area contributed by atoms with Crippen molar-refractivity contribution in [2.24, 2.45) is 11.3 Å². The Hall–Kier alpha value is -3.91. The quantitative estimate of drug-likeness (QED) is 0.523. The normalized spacial score (nSPS) is 20.1. The van der Waals surface area contributed by atoms with Crippen LogP contribution in [-0.2, 0) is 9.59 Å². The fourth-order valence-electron chi connectivity index (χ4n) is 4.21. The lowest BCUT2D eigenvalue weighted by atomic mass is 9.81. The molecule has 1 aliphatic carbocycles. The van der Waals surface area contributed by atoms with E-state index in [0.717, 1.165) is 31.5 Å².